The monoisotopic (exact) mass is 327 g/mol. The molecule has 1 aliphatic rings. The van der Waals surface area contributed by atoms with Gasteiger partial charge in [-0.25, -0.2) is 0 Å². The minimum atomic E-state index is -0.250. The number of carbonyl (C=O) groups is 1. The first kappa shape index (κ1) is 16.1. The molecular weight excluding hydrogens is 306 g/mol. The molecule has 1 saturated heterocycles. The maximum absolute atomic E-state index is 12.7. The Hall–Kier alpha value is -1.78. The van der Waals surface area contributed by atoms with Gasteiger partial charge in [0.15, 0.2) is 0 Å². The van der Waals surface area contributed by atoms with Crippen LogP contribution in [0.5, 0.6) is 0 Å². The molecule has 120 valence electrons. The maximum atomic E-state index is 12.7. The van der Waals surface area contributed by atoms with E-state index in [1.165, 1.54) is 0 Å². The predicted octanol–water partition coefficient (Wildman–Crippen LogP) is 3.82. The Balaban J connectivity index is 1.70. The third-order valence-electron chi connectivity index (χ3n) is 3.87. The molecule has 3 rings (SSSR count). The van der Waals surface area contributed by atoms with Gasteiger partial charge in [0.05, 0.1) is 6.10 Å². The van der Waals surface area contributed by atoms with E-state index in [0.29, 0.717) is 6.54 Å². The smallest absolute Gasteiger partial charge is 0.238 e. The molecule has 1 aliphatic heterocycles. The number of ether oxygens (including phenoxy) is 1. The highest BCUT2D eigenvalue weighted by atomic mass is 32.2. The molecule has 23 heavy (non-hydrogen) atoms. The van der Waals surface area contributed by atoms with Crippen LogP contribution in [0.25, 0.3) is 0 Å². The molecule has 0 spiro atoms. The molecule has 1 fully saturated rings. The van der Waals surface area contributed by atoms with Crippen molar-refractivity contribution in [2.75, 3.05) is 13.2 Å². The summed E-state index contributed by atoms with van der Waals surface area (Å²) in [7, 11) is 0. The highest BCUT2D eigenvalue weighted by Gasteiger charge is 2.23. The van der Waals surface area contributed by atoms with Crippen molar-refractivity contribution in [3.8, 4) is 0 Å². The highest BCUT2D eigenvalue weighted by molar-refractivity contribution is 8.00. The van der Waals surface area contributed by atoms with E-state index in [2.05, 4.69) is 5.32 Å². The number of amides is 1. The minimum Gasteiger partial charge on any atom is -0.376 e. The number of carbonyl (C=O) groups excluding carboxylic acids is 1. The molecule has 1 N–H and O–H groups in total. The Morgan fingerprint density at radius 3 is 2.48 bits per heavy atom. The summed E-state index contributed by atoms with van der Waals surface area (Å²) in [6, 6.07) is 20.0. The highest BCUT2D eigenvalue weighted by Crippen LogP contribution is 2.35. The van der Waals surface area contributed by atoms with Crippen molar-refractivity contribution >= 4 is 17.7 Å². The molecule has 2 aromatic rings. The molecule has 4 heteroatoms. The van der Waals surface area contributed by atoms with Crippen LogP contribution in [0.4, 0.5) is 0 Å². The zero-order chi connectivity index (χ0) is 15.9. The van der Waals surface area contributed by atoms with E-state index in [1.54, 1.807) is 11.8 Å². The molecule has 0 aromatic heterocycles. The van der Waals surface area contributed by atoms with E-state index in [-0.39, 0.29) is 17.3 Å². The lowest BCUT2D eigenvalue weighted by molar-refractivity contribution is -0.121. The average Bonchev–Trinajstić information content (AvgIpc) is 3.13. The lowest BCUT2D eigenvalue weighted by Gasteiger charge is -2.18. The van der Waals surface area contributed by atoms with Gasteiger partial charge in [-0.1, -0.05) is 48.5 Å². The molecule has 2 aromatic carbocycles. The summed E-state index contributed by atoms with van der Waals surface area (Å²) in [5, 5.41) is 2.81. The van der Waals surface area contributed by atoms with Gasteiger partial charge in [0, 0.05) is 18.0 Å². The van der Waals surface area contributed by atoms with E-state index in [9.17, 15) is 4.79 Å². The molecule has 3 nitrogen and oxygen atoms in total. The van der Waals surface area contributed by atoms with Crippen molar-refractivity contribution in [1.82, 2.24) is 5.32 Å². The molecule has 0 radical (unpaired) electrons. The van der Waals surface area contributed by atoms with Gasteiger partial charge >= 0.3 is 0 Å². The summed E-state index contributed by atoms with van der Waals surface area (Å²) in [4.78, 5) is 13.8. The van der Waals surface area contributed by atoms with Crippen LogP contribution in [0.2, 0.25) is 0 Å². The quantitative estimate of drug-likeness (QED) is 0.820. The second-order valence-electron chi connectivity index (χ2n) is 5.60. The fraction of sp³-hybridized carbons (Fsp3) is 0.316. The van der Waals surface area contributed by atoms with Crippen LogP contribution in [-0.2, 0) is 9.53 Å². The zero-order valence-corrected chi connectivity index (χ0v) is 13.8. The summed E-state index contributed by atoms with van der Waals surface area (Å²) < 4.78 is 5.59. The molecular formula is C19H21NO2S. The maximum Gasteiger partial charge on any atom is 0.238 e. The van der Waals surface area contributed by atoms with E-state index >= 15 is 0 Å². The standard InChI is InChI=1S/C19H21NO2S/c21-19(20-14-16-10-7-13-22-16)18(15-8-3-1-4-9-15)23-17-11-5-2-6-12-17/h1-6,8-9,11-12,16,18H,7,10,13-14H2,(H,20,21). The van der Waals surface area contributed by atoms with Crippen LogP contribution in [0, 0.1) is 0 Å². The number of rotatable bonds is 6. The second kappa shape index (κ2) is 8.18. The Labute approximate surface area is 141 Å². The lowest BCUT2D eigenvalue weighted by atomic mass is 10.1. The van der Waals surface area contributed by atoms with Gasteiger partial charge in [-0.2, -0.15) is 0 Å². The van der Waals surface area contributed by atoms with Crippen molar-refractivity contribution in [3.63, 3.8) is 0 Å². The van der Waals surface area contributed by atoms with Gasteiger partial charge in [0.25, 0.3) is 0 Å². The number of thioether (sulfide) groups is 1. The summed E-state index contributed by atoms with van der Waals surface area (Å²) in [5.74, 6) is 0.0422. The van der Waals surface area contributed by atoms with Gasteiger partial charge in [0.2, 0.25) is 5.91 Å². The van der Waals surface area contributed by atoms with Crippen LogP contribution in [-0.4, -0.2) is 25.2 Å². The summed E-state index contributed by atoms with van der Waals surface area (Å²) >= 11 is 1.58. The molecule has 0 saturated carbocycles. The summed E-state index contributed by atoms with van der Waals surface area (Å²) in [6.45, 7) is 1.40. The third-order valence-corrected chi connectivity index (χ3v) is 5.13. The molecule has 0 bridgehead atoms. The van der Waals surface area contributed by atoms with E-state index in [1.807, 2.05) is 60.7 Å². The van der Waals surface area contributed by atoms with Crippen molar-refractivity contribution in [3.05, 3.63) is 66.2 Å². The van der Waals surface area contributed by atoms with Gasteiger partial charge < -0.3 is 10.1 Å². The summed E-state index contributed by atoms with van der Waals surface area (Å²) in [6.07, 6.45) is 2.28. The van der Waals surface area contributed by atoms with E-state index in [4.69, 9.17) is 4.74 Å². The van der Waals surface area contributed by atoms with Crippen molar-refractivity contribution < 1.29 is 9.53 Å². The topological polar surface area (TPSA) is 38.3 Å². The van der Waals surface area contributed by atoms with E-state index in [0.717, 1.165) is 29.9 Å². The SMILES string of the molecule is O=C(NCC1CCCO1)C(Sc1ccccc1)c1ccccc1. The van der Waals surface area contributed by atoms with Crippen LogP contribution in [0.1, 0.15) is 23.7 Å². The fourth-order valence-corrected chi connectivity index (χ4v) is 3.72. The molecule has 2 unspecified atom stereocenters. The van der Waals surface area contributed by atoms with Crippen LogP contribution in [0.15, 0.2) is 65.6 Å². The number of hydrogen-bond donors (Lipinski definition) is 1. The predicted molar refractivity (Wildman–Crippen MR) is 93.5 cm³/mol. The lowest BCUT2D eigenvalue weighted by Crippen LogP contribution is -2.34. The van der Waals surface area contributed by atoms with Crippen LogP contribution >= 0.6 is 11.8 Å². The van der Waals surface area contributed by atoms with Crippen LogP contribution < -0.4 is 5.32 Å². The zero-order valence-electron chi connectivity index (χ0n) is 13.0. The van der Waals surface area contributed by atoms with E-state index < -0.39 is 0 Å². The van der Waals surface area contributed by atoms with Gasteiger partial charge in [-0.15, -0.1) is 11.8 Å². The third kappa shape index (κ3) is 4.60. The first-order valence-electron chi connectivity index (χ1n) is 7.99. The number of benzene rings is 2. The normalized spacial score (nSPS) is 18.5. The van der Waals surface area contributed by atoms with Gasteiger partial charge in [0.1, 0.15) is 5.25 Å². The average molecular weight is 327 g/mol. The summed E-state index contributed by atoms with van der Waals surface area (Å²) in [5.41, 5.74) is 1.02. The Bertz CT molecular complexity index is 612. The number of nitrogens with one attached hydrogen (secondary N) is 1. The first-order valence-corrected chi connectivity index (χ1v) is 8.87. The van der Waals surface area contributed by atoms with Crippen molar-refractivity contribution in [1.29, 1.82) is 0 Å². The molecule has 0 aliphatic carbocycles. The van der Waals surface area contributed by atoms with Crippen molar-refractivity contribution in [2.45, 2.75) is 29.1 Å². The van der Waals surface area contributed by atoms with Crippen LogP contribution in [0.3, 0.4) is 0 Å². The molecule has 1 heterocycles. The largest absolute Gasteiger partial charge is 0.376 e. The Morgan fingerprint density at radius 2 is 1.83 bits per heavy atom. The number of hydrogen-bond acceptors (Lipinski definition) is 3. The second-order valence-corrected chi connectivity index (χ2v) is 6.78. The fourth-order valence-electron chi connectivity index (χ4n) is 2.65. The van der Waals surface area contributed by atoms with Crippen molar-refractivity contribution in [2.24, 2.45) is 0 Å². The van der Waals surface area contributed by atoms with Gasteiger partial charge in [-0.05, 0) is 30.5 Å². The molecule has 2 atom stereocenters. The minimum absolute atomic E-state index is 0.0422. The Kier molecular flexibility index (Phi) is 5.72. The molecule has 1 amide bonds. The van der Waals surface area contributed by atoms with Gasteiger partial charge in [-0.3, -0.25) is 4.79 Å². The first-order chi connectivity index (χ1) is 11.3. The Morgan fingerprint density at radius 1 is 1.13 bits per heavy atom.